The molecule has 0 saturated carbocycles. The van der Waals surface area contributed by atoms with E-state index in [9.17, 15) is 14.9 Å². The maximum Gasteiger partial charge on any atom is 0.370 e. The molecule has 0 aromatic carbocycles. The van der Waals surface area contributed by atoms with Gasteiger partial charge in [-0.15, -0.1) is 0 Å². The number of carbonyl (C=O) groups excluding carboxylic acids is 1. The van der Waals surface area contributed by atoms with E-state index in [-0.39, 0.29) is 11.4 Å². The molecule has 0 aliphatic heterocycles. The molecular weight excluding hydrogens is 186 g/mol. The van der Waals surface area contributed by atoms with Crippen LogP contribution in [-0.2, 0) is 4.79 Å². The summed E-state index contributed by atoms with van der Waals surface area (Å²) in [5.41, 5.74) is 5.10. The average Bonchev–Trinajstić information content (AvgIpc) is 2.15. The third-order valence-corrected chi connectivity index (χ3v) is 1.42. The molecule has 1 heterocycles. The Balaban J connectivity index is 3.07. The van der Waals surface area contributed by atoms with Crippen molar-refractivity contribution in [2.24, 2.45) is 5.73 Å². The summed E-state index contributed by atoms with van der Waals surface area (Å²) in [7, 11) is 0. The zero-order chi connectivity index (χ0) is 10.6. The zero-order valence-corrected chi connectivity index (χ0v) is 7.08. The van der Waals surface area contributed by atoms with Gasteiger partial charge in [-0.1, -0.05) is 0 Å². The van der Waals surface area contributed by atoms with E-state index in [1.54, 1.807) is 0 Å². The molecule has 0 aliphatic carbocycles. The molecule has 2 N–H and O–H groups in total. The van der Waals surface area contributed by atoms with Gasteiger partial charge in [0.05, 0.1) is 5.56 Å². The highest BCUT2D eigenvalue weighted by Gasteiger charge is 2.10. The predicted octanol–water partition coefficient (Wildman–Crippen LogP) is 0.488. The van der Waals surface area contributed by atoms with Gasteiger partial charge in [0.15, 0.2) is 0 Å². The van der Waals surface area contributed by atoms with Crippen LogP contribution in [0.15, 0.2) is 24.4 Å². The molecule has 0 radical (unpaired) electrons. The molecule has 0 atom stereocenters. The van der Waals surface area contributed by atoms with Crippen molar-refractivity contribution in [2.45, 2.75) is 0 Å². The second-order valence-corrected chi connectivity index (χ2v) is 2.41. The van der Waals surface area contributed by atoms with E-state index < -0.39 is 10.8 Å². The molecule has 1 amide bonds. The van der Waals surface area contributed by atoms with Crippen molar-refractivity contribution in [1.29, 1.82) is 0 Å². The number of aromatic nitrogens is 1. The summed E-state index contributed by atoms with van der Waals surface area (Å²) < 4.78 is 0. The standard InChI is InChI=1S/C8H7N3O3/c9-7(12)4-3-6-2-1-5-10-8(6)11(13)14/h1-5H,(H2,9,12). The molecule has 1 rings (SSSR count). The molecule has 0 saturated heterocycles. The van der Waals surface area contributed by atoms with Crippen molar-refractivity contribution in [3.8, 4) is 0 Å². The van der Waals surface area contributed by atoms with Crippen LogP contribution in [0.25, 0.3) is 6.08 Å². The summed E-state index contributed by atoms with van der Waals surface area (Å²) in [5.74, 6) is -0.965. The average molecular weight is 193 g/mol. The normalized spacial score (nSPS) is 10.3. The van der Waals surface area contributed by atoms with Crippen LogP contribution < -0.4 is 5.73 Å². The Hall–Kier alpha value is -2.24. The Morgan fingerprint density at radius 2 is 2.36 bits per heavy atom. The first-order valence-corrected chi connectivity index (χ1v) is 3.68. The van der Waals surface area contributed by atoms with E-state index in [0.29, 0.717) is 0 Å². The fourth-order valence-corrected chi connectivity index (χ4v) is 0.864. The maximum absolute atomic E-state index is 10.5. The van der Waals surface area contributed by atoms with Gasteiger partial charge in [0, 0.05) is 6.08 Å². The van der Waals surface area contributed by atoms with E-state index in [4.69, 9.17) is 5.73 Å². The van der Waals surface area contributed by atoms with E-state index in [2.05, 4.69) is 4.98 Å². The van der Waals surface area contributed by atoms with Crippen molar-refractivity contribution in [1.82, 2.24) is 4.98 Å². The molecule has 0 unspecified atom stereocenters. The number of nitrogens with two attached hydrogens (primary N) is 1. The molecule has 6 nitrogen and oxygen atoms in total. The van der Waals surface area contributed by atoms with Crippen LogP contribution in [0.4, 0.5) is 5.82 Å². The van der Waals surface area contributed by atoms with Crippen LogP contribution in [0.1, 0.15) is 5.56 Å². The van der Waals surface area contributed by atoms with E-state index in [0.717, 1.165) is 6.08 Å². The summed E-state index contributed by atoms with van der Waals surface area (Å²) in [6.45, 7) is 0. The maximum atomic E-state index is 10.5. The van der Waals surface area contributed by atoms with Gasteiger partial charge >= 0.3 is 5.82 Å². The first kappa shape index (κ1) is 9.85. The molecule has 6 heteroatoms. The Morgan fingerprint density at radius 1 is 1.64 bits per heavy atom. The van der Waals surface area contributed by atoms with Gasteiger partial charge in [0.2, 0.25) is 5.91 Å². The molecule has 0 aliphatic rings. The van der Waals surface area contributed by atoms with Gasteiger partial charge in [0.25, 0.3) is 0 Å². The molecule has 1 aromatic heterocycles. The molecule has 0 bridgehead atoms. The second-order valence-electron chi connectivity index (χ2n) is 2.41. The lowest BCUT2D eigenvalue weighted by molar-refractivity contribution is -0.389. The lowest BCUT2D eigenvalue weighted by Crippen LogP contribution is -2.05. The van der Waals surface area contributed by atoms with E-state index in [1.165, 1.54) is 24.4 Å². The summed E-state index contributed by atoms with van der Waals surface area (Å²) in [5, 5.41) is 10.5. The van der Waals surface area contributed by atoms with Crippen LogP contribution in [-0.4, -0.2) is 15.8 Å². The van der Waals surface area contributed by atoms with Crippen molar-refractivity contribution in [2.75, 3.05) is 0 Å². The van der Waals surface area contributed by atoms with Crippen LogP contribution in [0, 0.1) is 10.1 Å². The molecule has 1 aromatic rings. The van der Waals surface area contributed by atoms with Crippen molar-refractivity contribution in [3.05, 3.63) is 40.1 Å². The number of amides is 1. The predicted molar refractivity (Wildman–Crippen MR) is 49.1 cm³/mol. The fraction of sp³-hybridized carbons (Fsp3) is 0. The van der Waals surface area contributed by atoms with Gasteiger partial charge in [-0.3, -0.25) is 4.79 Å². The number of pyridine rings is 1. The van der Waals surface area contributed by atoms with Crippen LogP contribution in [0.5, 0.6) is 0 Å². The lowest BCUT2D eigenvalue weighted by Gasteiger charge is -1.94. The highest BCUT2D eigenvalue weighted by molar-refractivity contribution is 5.90. The largest absolute Gasteiger partial charge is 0.370 e. The van der Waals surface area contributed by atoms with E-state index in [1.807, 2.05) is 0 Å². The van der Waals surface area contributed by atoms with Gasteiger partial charge in [-0.2, -0.15) is 0 Å². The quantitative estimate of drug-likeness (QED) is 0.429. The highest BCUT2D eigenvalue weighted by Crippen LogP contribution is 2.15. The SMILES string of the molecule is NC(=O)C=Cc1cccnc1[N+](=O)[O-]. The minimum Gasteiger partial charge on any atom is -0.366 e. The Labute approximate surface area is 79.2 Å². The zero-order valence-electron chi connectivity index (χ0n) is 7.08. The van der Waals surface area contributed by atoms with Gasteiger partial charge in [-0.05, 0) is 28.1 Å². The third-order valence-electron chi connectivity index (χ3n) is 1.42. The molecule has 0 fully saturated rings. The van der Waals surface area contributed by atoms with Crippen LogP contribution >= 0.6 is 0 Å². The van der Waals surface area contributed by atoms with Gasteiger partial charge in [-0.25, -0.2) is 0 Å². The summed E-state index contributed by atoms with van der Waals surface area (Å²) in [6.07, 6.45) is 3.61. The second kappa shape index (κ2) is 4.13. The number of nitrogens with zero attached hydrogens (tertiary/aromatic N) is 2. The lowest BCUT2D eigenvalue weighted by atomic mass is 10.2. The fourth-order valence-electron chi connectivity index (χ4n) is 0.864. The number of rotatable bonds is 3. The molecular formula is C8H7N3O3. The van der Waals surface area contributed by atoms with Crippen LogP contribution in [0.2, 0.25) is 0 Å². The smallest absolute Gasteiger partial charge is 0.366 e. The summed E-state index contributed by atoms with van der Waals surface area (Å²) >= 11 is 0. The Bertz CT molecular complexity index is 401. The highest BCUT2D eigenvalue weighted by atomic mass is 16.6. The Kier molecular flexibility index (Phi) is 2.90. The first-order chi connectivity index (χ1) is 6.61. The summed E-state index contributed by atoms with van der Waals surface area (Å²) in [4.78, 5) is 23.8. The number of carbonyl (C=O) groups is 1. The van der Waals surface area contributed by atoms with Crippen molar-refractivity contribution in [3.63, 3.8) is 0 Å². The monoisotopic (exact) mass is 193 g/mol. The van der Waals surface area contributed by atoms with E-state index >= 15 is 0 Å². The Morgan fingerprint density at radius 3 is 2.93 bits per heavy atom. The van der Waals surface area contributed by atoms with Gasteiger partial charge in [0.1, 0.15) is 6.20 Å². The summed E-state index contributed by atoms with van der Waals surface area (Å²) in [6, 6.07) is 3.01. The topological polar surface area (TPSA) is 99.1 Å². The molecule has 0 spiro atoms. The number of hydrogen-bond acceptors (Lipinski definition) is 4. The van der Waals surface area contributed by atoms with Crippen molar-refractivity contribution >= 4 is 17.8 Å². The molecule has 14 heavy (non-hydrogen) atoms. The number of nitro groups is 1. The van der Waals surface area contributed by atoms with Crippen molar-refractivity contribution < 1.29 is 9.72 Å². The number of hydrogen-bond donors (Lipinski definition) is 1. The minimum absolute atomic E-state index is 0.247. The minimum atomic E-state index is -0.664. The molecule has 72 valence electrons. The third kappa shape index (κ3) is 2.37. The van der Waals surface area contributed by atoms with Crippen LogP contribution in [0.3, 0.4) is 0 Å². The first-order valence-electron chi connectivity index (χ1n) is 3.68. The number of primary amides is 1. The van der Waals surface area contributed by atoms with Gasteiger partial charge < -0.3 is 15.8 Å².